The first-order chi connectivity index (χ1) is 9.39. The minimum Gasteiger partial charge on any atom is -0.387 e. The number of nitrogens with one attached hydrogen (secondary N) is 2. The third-order valence-electron chi connectivity index (χ3n) is 3.45. The predicted octanol–water partition coefficient (Wildman–Crippen LogP) is 0.624. The lowest BCUT2D eigenvalue weighted by molar-refractivity contribution is -0.123. The van der Waals surface area contributed by atoms with Gasteiger partial charge in [-0.3, -0.25) is 4.79 Å². The van der Waals surface area contributed by atoms with Gasteiger partial charge in [0.1, 0.15) is 0 Å². The summed E-state index contributed by atoms with van der Waals surface area (Å²) in [5.41, 5.74) is 1.12. The molecule has 3 N–H and O–H groups in total. The summed E-state index contributed by atoms with van der Waals surface area (Å²) >= 11 is 0. The molecule has 0 radical (unpaired) electrons. The topological polar surface area (TPSA) is 64.6 Å². The molecular formula is C15H23N3O2. The Balaban J connectivity index is 1.94. The van der Waals surface area contributed by atoms with E-state index in [0.717, 1.165) is 11.3 Å². The maximum Gasteiger partial charge on any atom is 0.229 e. The van der Waals surface area contributed by atoms with Gasteiger partial charge in [-0.05, 0) is 32.6 Å². The molecule has 20 heavy (non-hydrogen) atoms. The second kappa shape index (κ2) is 5.81. The Morgan fingerprint density at radius 1 is 1.50 bits per heavy atom. The highest BCUT2D eigenvalue weighted by Gasteiger charge is 2.30. The van der Waals surface area contributed by atoms with E-state index in [4.69, 9.17) is 0 Å². The number of amides is 1. The van der Waals surface area contributed by atoms with Crippen LogP contribution in [-0.2, 0) is 4.79 Å². The molecule has 2 rings (SSSR count). The molecule has 1 aliphatic rings. The second-order valence-corrected chi connectivity index (χ2v) is 5.97. The lowest BCUT2D eigenvalue weighted by Crippen LogP contribution is -2.48. The average molecular weight is 277 g/mol. The average Bonchev–Trinajstić information content (AvgIpc) is 2.78. The number of carbonyl (C=O) groups is 1. The Hall–Kier alpha value is -1.59. The molecule has 0 spiro atoms. The minimum absolute atomic E-state index is 0.0403. The smallest absolute Gasteiger partial charge is 0.229 e. The molecule has 5 heteroatoms. The fraction of sp³-hybridized carbons (Fsp3) is 0.533. The van der Waals surface area contributed by atoms with E-state index in [1.54, 1.807) is 6.92 Å². The summed E-state index contributed by atoms with van der Waals surface area (Å²) in [6, 6.07) is 7.84. The fourth-order valence-electron chi connectivity index (χ4n) is 2.66. The second-order valence-electron chi connectivity index (χ2n) is 5.97. The van der Waals surface area contributed by atoms with Gasteiger partial charge in [0.2, 0.25) is 5.91 Å². The molecule has 1 aromatic rings. The van der Waals surface area contributed by atoms with E-state index in [0.29, 0.717) is 13.1 Å². The SMILES string of the molecule is CN(C)CC(C)(O)CNC(=O)C1CNc2ccccc21. The first kappa shape index (κ1) is 14.8. The van der Waals surface area contributed by atoms with Crippen LogP contribution < -0.4 is 10.6 Å². The van der Waals surface area contributed by atoms with Crippen LogP contribution in [0.1, 0.15) is 18.4 Å². The van der Waals surface area contributed by atoms with Crippen molar-refractivity contribution in [1.29, 1.82) is 0 Å². The van der Waals surface area contributed by atoms with Crippen molar-refractivity contribution in [2.45, 2.75) is 18.4 Å². The fourth-order valence-corrected chi connectivity index (χ4v) is 2.66. The maximum atomic E-state index is 12.3. The van der Waals surface area contributed by atoms with Gasteiger partial charge in [-0.1, -0.05) is 18.2 Å². The molecule has 0 bridgehead atoms. The quantitative estimate of drug-likeness (QED) is 0.738. The number of hydrogen-bond donors (Lipinski definition) is 3. The monoisotopic (exact) mass is 277 g/mol. The highest BCUT2D eigenvalue weighted by atomic mass is 16.3. The van der Waals surface area contributed by atoms with Gasteiger partial charge in [-0.2, -0.15) is 0 Å². The Bertz CT molecular complexity index is 486. The molecule has 1 aromatic carbocycles. The largest absolute Gasteiger partial charge is 0.387 e. The number of carbonyl (C=O) groups excluding carboxylic acids is 1. The Morgan fingerprint density at radius 3 is 2.90 bits per heavy atom. The van der Waals surface area contributed by atoms with E-state index in [1.807, 2.05) is 43.3 Å². The van der Waals surface area contributed by atoms with Crippen molar-refractivity contribution in [2.24, 2.45) is 0 Å². The molecule has 0 fully saturated rings. The number of nitrogens with zero attached hydrogens (tertiary/aromatic N) is 1. The molecule has 1 heterocycles. The van der Waals surface area contributed by atoms with Crippen LogP contribution in [0, 0.1) is 0 Å². The summed E-state index contributed by atoms with van der Waals surface area (Å²) < 4.78 is 0. The number of para-hydroxylation sites is 1. The van der Waals surface area contributed by atoms with Crippen LogP contribution in [0.3, 0.4) is 0 Å². The molecule has 0 aliphatic carbocycles. The molecule has 1 aliphatic heterocycles. The van der Waals surface area contributed by atoms with Crippen molar-refractivity contribution in [1.82, 2.24) is 10.2 Å². The van der Waals surface area contributed by atoms with Crippen LogP contribution in [0.4, 0.5) is 5.69 Å². The first-order valence-corrected chi connectivity index (χ1v) is 6.87. The van der Waals surface area contributed by atoms with Crippen LogP contribution in [0.25, 0.3) is 0 Å². The van der Waals surface area contributed by atoms with Gasteiger partial charge in [0, 0.05) is 25.3 Å². The Morgan fingerprint density at radius 2 is 2.20 bits per heavy atom. The molecule has 0 saturated heterocycles. The molecule has 110 valence electrons. The van der Waals surface area contributed by atoms with Crippen LogP contribution in [0.15, 0.2) is 24.3 Å². The van der Waals surface area contributed by atoms with Crippen molar-refractivity contribution in [2.75, 3.05) is 39.0 Å². The summed E-state index contributed by atoms with van der Waals surface area (Å²) in [5, 5.41) is 16.3. The Labute approximate surface area is 120 Å². The van der Waals surface area contributed by atoms with E-state index < -0.39 is 5.60 Å². The van der Waals surface area contributed by atoms with Crippen LogP contribution in [0.5, 0.6) is 0 Å². The minimum atomic E-state index is -0.926. The van der Waals surface area contributed by atoms with E-state index >= 15 is 0 Å². The molecule has 2 unspecified atom stereocenters. The van der Waals surface area contributed by atoms with Gasteiger partial charge < -0.3 is 20.6 Å². The number of likely N-dealkylation sites (N-methyl/N-ethyl adjacent to an activating group) is 1. The number of hydrogen-bond acceptors (Lipinski definition) is 4. The number of benzene rings is 1. The summed E-state index contributed by atoms with van der Waals surface area (Å²) in [5.74, 6) is -0.220. The Kier molecular flexibility index (Phi) is 4.30. The van der Waals surface area contributed by atoms with Crippen LogP contribution >= 0.6 is 0 Å². The van der Waals surface area contributed by atoms with E-state index in [2.05, 4.69) is 10.6 Å². The maximum absolute atomic E-state index is 12.3. The van der Waals surface area contributed by atoms with Crippen molar-refractivity contribution in [3.05, 3.63) is 29.8 Å². The van der Waals surface area contributed by atoms with Crippen molar-refractivity contribution in [3.8, 4) is 0 Å². The van der Waals surface area contributed by atoms with Crippen molar-refractivity contribution >= 4 is 11.6 Å². The summed E-state index contributed by atoms with van der Waals surface area (Å²) in [4.78, 5) is 14.2. The van der Waals surface area contributed by atoms with Crippen LogP contribution in [-0.4, -0.2) is 55.2 Å². The number of anilines is 1. The van der Waals surface area contributed by atoms with Gasteiger partial charge in [-0.15, -0.1) is 0 Å². The standard InChI is InChI=1S/C15H23N3O2/c1-15(20,10-18(2)3)9-17-14(19)12-8-16-13-7-5-4-6-11(12)13/h4-7,12,16,20H,8-10H2,1-3H3,(H,17,19). The first-order valence-electron chi connectivity index (χ1n) is 6.87. The number of aliphatic hydroxyl groups is 1. The molecule has 2 atom stereocenters. The third kappa shape index (κ3) is 3.49. The van der Waals surface area contributed by atoms with Crippen molar-refractivity contribution in [3.63, 3.8) is 0 Å². The van der Waals surface area contributed by atoms with Gasteiger partial charge in [-0.25, -0.2) is 0 Å². The van der Waals surface area contributed by atoms with E-state index in [-0.39, 0.29) is 18.4 Å². The van der Waals surface area contributed by atoms with Gasteiger partial charge in [0.15, 0.2) is 0 Å². The molecule has 0 aromatic heterocycles. The zero-order valence-electron chi connectivity index (χ0n) is 12.3. The van der Waals surface area contributed by atoms with E-state index in [9.17, 15) is 9.90 Å². The highest BCUT2D eigenvalue weighted by molar-refractivity contribution is 5.88. The normalized spacial score (nSPS) is 20.1. The van der Waals surface area contributed by atoms with Gasteiger partial charge in [0.05, 0.1) is 11.5 Å². The molecule has 0 saturated carbocycles. The zero-order valence-corrected chi connectivity index (χ0v) is 12.3. The number of fused-ring (bicyclic) bond motifs is 1. The molecule has 1 amide bonds. The summed E-state index contributed by atoms with van der Waals surface area (Å²) in [7, 11) is 3.79. The summed E-state index contributed by atoms with van der Waals surface area (Å²) in [6.45, 7) is 3.10. The molecule has 5 nitrogen and oxygen atoms in total. The number of rotatable bonds is 5. The van der Waals surface area contributed by atoms with Crippen LogP contribution in [0.2, 0.25) is 0 Å². The lowest BCUT2D eigenvalue weighted by Gasteiger charge is -2.27. The highest BCUT2D eigenvalue weighted by Crippen LogP contribution is 2.30. The van der Waals surface area contributed by atoms with E-state index in [1.165, 1.54) is 0 Å². The van der Waals surface area contributed by atoms with Crippen molar-refractivity contribution < 1.29 is 9.90 Å². The summed E-state index contributed by atoms with van der Waals surface area (Å²) in [6.07, 6.45) is 0. The predicted molar refractivity (Wildman–Crippen MR) is 79.9 cm³/mol. The van der Waals surface area contributed by atoms with Gasteiger partial charge in [0.25, 0.3) is 0 Å². The zero-order chi connectivity index (χ0) is 14.8. The molecular weight excluding hydrogens is 254 g/mol. The van der Waals surface area contributed by atoms with Gasteiger partial charge >= 0.3 is 0 Å². The third-order valence-corrected chi connectivity index (χ3v) is 3.45. The lowest BCUT2D eigenvalue weighted by atomic mass is 10.00.